The van der Waals surface area contributed by atoms with E-state index in [1.54, 1.807) is 11.4 Å². The Hall–Kier alpha value is -4.23. The predicted octanol–water partition coefficient (Wildman–Crippen LogP) is 5.71. The van der Waals surface area contributed by atoms with Gasteiger partial charge in [-0.25, -0.2) is 14.4 Å². The van der Waals surface area contributed by atoms with E-state index in [9.17, 15) is 19.1 Å². The average Bonchev–Trinajstić information content (AvgIpc) is 3.60. The number of carbonyl (C=O) groups is 2. The van der Waals surface area contributed by atoms with Gasteiger partial charge in [0.25, 0.3) is 11.8 Å². The van der Waals surface area contributed by atoms with Gasteiger partial charge in [-0.1, -0.05) is 36.4 Å². The average molecular weight is 701 g/mol. The Balaban J connectivity index is 1.02. The number of aryl methyl sites for hydroxylation is 1. The lowest BCUT2D eigenvalue weighted by atomic mass is 9.91. The number of carbonyl (C=O) groups excluding carboxylic acids is 2. The highest BCUT2D eigenvalue weighted by molar-refractivity contribution is 7.09. The highest BCUT2D eigenvalue weighted by Gasteiger charge is 2.27. The molecule has 6 rings (SSSR count). The van der Waals surface area contributed by atoms with Crippen molar-refractivity contribution in [2.75, 3.05) is 19.6 Å². The summed E-state index contributed by atoms with van der Waals surface area (Å²) < 4.78 is 20.4. The number of piperazine rings is 1. The summed E-state index contributed by atoms with van der Waals surface area (Å²) in [4.78, 5) is 36.7. The summed E-state index contributed by atoms with van der Waals surface area (Å²) in [5.41, 5.74) is 3.61. The number of hydrogen-bond acceptors (Lipinski definition) is 9. The van der Waals surface area contributed by atoms with Gasteiger partial charge in [-0.15, -0.1) is 11.3 Å². The maximum atomic E-state index is 14.3. The summed E-state index contributed by atoms with van der Waals surface area (Å²) in [5.74, 6) is -0.862. The van der Waals surface area contributed by atoms with Gasteiger partial charge in [0.05, 0.1) is 12.8 Å². The number of ether oxygens (including phenoxy) is 1. The fourth-order valence-electron chi connectivity index (χ4n) is 6.91. The summed E-state index contributed by atoms with van der Waals surface area (Å²) in [5, 5.41) is 20.9. The third-order valence-corrected chi connectivity index (χ3v) is 10.1. The van der Waals surface area contributed by atoms with E-state index in [0.717, 1.165) is 55.9 Å². The highest BCUT2D eigenvalue weighted by Crippen LogP contribution is 2.29. The molecule has 4 N–H and O–H groups in total. The smallest absolute Gasteiger partial charge is 0.270 e. The van der Waals surface area contributed by atoms with Crippen LogP contribution in [0.5, 0.6) is 11.6 Å². The molecule has 2 aromatic heterocycles. The molecule has 1 saturated heterocycles. The first-order valence-corrected chi connectivity index (χ1v) is 18.3. The van der Waals surface area contributed by atoms with E-state index in [0.29, 0.717) is 54.2 Å². The van der Waals surface area contributed by atoms with Crippen molar-refractivity contribution in [3.05, 3.63) is 93.8 Å². The van der Waals surface area contributed by atoms with Crippen LogP contribution in [-0.2, 0) is 13.0 Å². The molecule has 0 radical (unpaired) electrons. The third-order valence-electron chi connectivity index (χ3n) is 9.29. The third kappa shape index (κ3) is 9.51. The number of nitrogens with zero attached hydrogens (tertiary/aromatic N) is 3. The van der Waals surface area contributed by atoms with E-state index in [4.69, 9.17) is 4.74 Å². The lowest BCUT2D eigenvalue weighted by molar-refractivity contribution is 0.0887. The predicted molar refractivity (Wildman–Crippen MR) is 192 cm³/mol. The Bertz CT molecular complexity index is 1750. The second-order valence-electron chi connectivity index (χ2n) is 13.4. The molecule has 264 valence electrons. The number of hydrogen-bond donors (Lipinski definition) is 4. The molecule has 1 aliphatic heterocycles. The number of thiazole rings is 1. The number of benzene rings is 2. The number of pyridine rings is 1. The number of amides is 2. The minimum absolute atomic E-state index is 0.0168. The Morgan fingerprint density at radius 1 is 0.980 bits per heavy atom. The van der Waals surface area contributed by atoms with Crippen molar-refractivity contribution in [3.63, 3.8) is 0 Å². The number of halogens is 1. The van der Waals surface area contributed by atoms with E-state index in [-0.39, 0.29) is 36.0 Å². The highest BCUT2D eigenvalue weighted by atomic mass is 32.1. The van der Waals surface area contributed by atoms with Gasteiger partial charge < -0.3 is 30.7 Å². The molecule has 1 aliphatic carbocycles. The lowest BCUT2D eigenvalue weighted by Crippen LogP contribution is -2.54. The van der Waals surface area contributed by atoms with Crippen molar-refractivity contribution in [3.8, 4) is 22.8 Å². The molecule has 0 bridgehead atoms. The van der Waals surface area contributed by atoms with Gasteiger partial charge in [0.15, 0.2) is 0 Å². The molecule has 2 fully saturated rings. The first-order valence-electron chi connectivity index (χ1n) is 17.4. The molecule has 2 aromatic carbocycles. The molecule has 2 aliphatic rings. The second-order valence-corrected chi connectivity index (χ2v) is 14.4. The van der Waals surface area contributed by atoms with Crippen LogP contribution in [0.2, 0.25) is 0 Å². The monoisotopic (exact) mass is 700 g/mol. The number of rotatable bonds is 12. The lowest BCUT2D eigenvalue weighted by Gasteiger charge is -2.36. The quantitative estimate of drug-likeness (QED) is 0.148. The largest absolute Gasteiger partial charge is 0.438 e. The maximum Gasteiger partial charge on any atom is 0.270 e. The van der Waals surface area contributed by atoms with E-state index in [1.807, 2.05) is 18.2 Å². The summed E-state index contributed by atoms with van der Waals surface area (Å²) >= 11 is 1.24. The fourth-order valence-corrected chi connectivity index (χ4v) is 7.54. The van der Waals surface area contributed by atoms with Crippen LogP contribution in [-0.4, -0.2) is 75.6 Å². The Labute approximate surface area is 296 Å². The van der Waals surface area contributed by atoms with E-state index < -0.39 is 11.7 Å². The normalized spacial score (nSPS) is 21.0. The summed E-state index contributed by atoms with van der Waals surface area (Å²) in [6.45, 7) is 7.57. The van der Waals surface area contributed by atoms with Crippen LogP contribution in [0.15, 0.2) is 66.2 Å². The van der Waals surface area contributed by atoms with Gasteiger partial charge in [-0.2, -0.15) is 0 Å². The van der Waals surface area contributed by atoms with E-state index in [2.05, 4.69) is 68.9 Å². The first kappa shape index (κ1) is 35.6. The van der Waals surface area contributed by atoms with Gasteiger partial charge in [-0.05, 0) is 93.8 Å². The van der Waals surface area contributed by atoms with Gasteiger partial charge in [-0.3, -0.25) is 9.59 Å². The fraction of sp³-hybridized carbons (Fsp3) is 0.421. The molecule has 0 spiro atoms. The van der Waals surface area contributed by atoms with Gasteiger partial charge in [0.2, 0.25) is 5.88 Å². The number of aromatic nitrogens is 2. The molecule has 1 saturated carbocycles. The standard InChI is InChI=1S/C38H45FN6O4S/c1-24-20-45(21-25(2)41-24)16-4-5-26-8-10-27(11-9-26)28-6-3-7-32(17-28)49-38-33(18-29(39)19-40-38)36(47)42-30-12-14-31(15-13-30)43-37(48)34-23-50-35(22-46)44-34/h3,6-11,17-19,23-25,30-31,41,46H,4-5,12-16,20-22H2,1-2H3,(H,42,47)(H,43,48). The molecule has 2 unspecified atom stereocenters. The minimum atomic E-state index is -0.633. The number of nitrogens with one attached hydrogen (secondary N) is 3. The molecule has 4 aromatic rings. The van der Waals surface area contributed by atoms with E-state index in [1.165, 1.54) is 16.9 Å². The van der Waals surface area contributed by atoms with Crippen LogP contribution in [0.4, 0.5) is 4.39 Å². The zero-order valence-electron chi connectivity index (χ0n) is 28.5. The van der Waals surface area contributed by atoms with Crippen LogP contribution < -0.4 is 20.7 Å². The van der Waals surface area contributed by atoms with Gasteiger partial charge >= 0.3 is 0 Å². The zero-order chi connectivity index (χ0) is 35.0. The topological polar surface area (TPSA) is 129 Å². The van der Waals surface area contributed by atoms with Crippen molar-refractivity contribution in [1.29, 1.82) is 0 Å². The molecular formula is C38H45FN6O4S. The van der Waals surface area contributed by atoms with Crippen molar-refractivity contribution < 1.29 is 23.8 Å². The van der Waals surface area contributed by atoms with Crippen LogP contribution >= 0.6 is 11.3 Å². The molecular weight excluding hydrogens is 656 g/mol. The summed E-state index contributed by atoms with van der Waals surface area (Å²) in [7, 11) is 0. The Morgan fingerprint density at radius 2 is 1.68 bits per heavy atom. The first-order chi connectivity index (χ1) is 24.2. The maximum absolute atomic E-state index is 14.3. The van der Waals surface area contributed by atoms with E-state index >= 15 is 0 Å². The Morgan fingerprint density at radius 3 is 2.36 bits per heavy atom. The van der Waals surface area contributed by atoms with Crippen LogP contribution in [0.25, 0.3) is 11.1 Å². The molecule has 2 amide bonds. The van der Waals surface area contributed by atoms with Crippen molar-refractivity contribution in [2.45, 2.75) is 83.1 Å². The SMILES string of the molecule is CC1CN(CCCc2ccc(-c3cccc(Oc4ncc(F)cc4C(=O)NC4CCC(NC(=O)c5csc(CO)n5)CC4)c3)cc2)CC(C)N1. The second kappa shape index (κ2) is 16.7. The molecule has 10 nitrogen and oxygen atoms in total. The minimum Gasteiger partial charge on any atom is -0.438 e. The van der Waals surface area contributed by atoms with Gasteiger partial charge in [0, 0.05) is 42.6 Å². The number of aliphatic hydroxyl groups excluding tert-OH is 1. The van der Waals surface area contributed by atoms with Crippen molar-refractivity contribution >= 4 is 23.2 Å². The zero-order valence-corrected chi connectivity index (χ0v) is 29.3. The molecule has 12 heteroatoms. The van der Waals surface area contributed by atoms with Crippen LogP contribution in [0.3, 0.4) is 0 Å². The summed E-state index contributed by atoms with van der Waals surface area (Å²) in [6.07, 6.45) is 5.80. The van der Waals surface area contributed by atoms with Crippen molar-refractivity contribution in [1.82, 2.24) is 30.8 Å². The van der Waals surface area contributed by atoms with Gasteiger partial charge in [0.1, 0.15) is 27.8 Å². The van der Waals surface area contributed by atoms with Crippen LogP contribution in [0, 0.1) is 5.82 Å². The molecule has 50 heavy (non-hydrogen) atoms. The van der Waals surface area contributed by atoms with Crippen molar-refractivity contribution in [2.24, 2.45) is 0 Å². The molecule has 2 atom stereocenters. The molecule has 3 heterocycles. The number of aliphatic hydroxyl groups is 1. The summed E-state index contributed by atoms with van der Waals surface area (Å²) in [6, 6.07) is 18.1. The Kier molecular flexibility index (Phi) is 11.9. The van der Waals surface area contributed by atoms with Crippen LogP contribution in [0.1, 0.15) is 77.4 Å².